The lowest BCUT2D eigenvalue weighted by Gasteiger charge is -2.33. The van der Waals surface area contributed by atoms with Crippen molar-refractivity contribution < 1.29 is 28.8 Å². The van der Waals surface area contributed by atoms with Gasteiger partial charge in [-0.05, 0) is 61.1 Å². The van der Waals surface area contributed by atoms with Crippen LogP contribution in [-0.2, 0) is 22.3 Å². The Labute approximate surface area is 209 Å². The maximum Gasteiger partial charge on any atom is 0.160 e. The molecule has 194 valence electrons. The highest BCUT2D eigenvalue weighted by Crippen LogP contribution is 2.28. The SMILES string of the molecule is COCCc1ccc(OC[C@@H](O)CN[C@@H]2CCCC[C@@H]2OCCc2ccc(OC)c(OC)c2)cc1. The molecule has 2 aromatic rings. The minimum atomic E-state index is -0.586. The Hall–Kier alpha value is -2.32. The first kappa shape index (κ1) is 27.3. The lowest BCUT2D eigenvalue weighted by molar-refractivity contribution is 0.00183. The predicted molar refractivity (Wildman–Crippen MR) is 137 cm³/mol. The third kappa shape index (κ3) is 9.00. The van der Waals surface area contributed by atoms with Crippen molar-refractivity contribution in [2.24, 2.45) is 0 Å². The molecule has 0 aliphatic heterocycles. The molecule has 35 heavy (non-hydrogen) atoms. The average molecular weight is 488 g/mol. The number of benzene rings is 2. The molecule has 2 N–H and O–H groups in total. The fourth-order valence-electron chi connectivity index (χ4n) is 4.41. The molecule has 0 spiro atoms. The van der Waals surface area contributed by atoms with Crippen molar-refractivity contribution >= 4 is 0 Å². The van der Waals surface area contributed by atoms with Crippen LogP contribution in [0.3, 0.4) is 0 Å². The second-order valence-corrected chi connectivity index (χ2v) is 9.00. The second kappa shape index (κ2) is 14.9. The molecule has 0 radical (unpaired) electrons. The number of ether oxygens (including phenoxy) is 5. The zero-order valence-electron chi connectivity index (χ0n) is 21.3. The molecule has 3 atom stereocenters. The van der Waals surface area contributed by atoms with Crippen LogP contribution in [0.25, 0.3) is 0 Å². The van der Waals surface area contributed by atoms with Crippen molar-refractivity contribution in [1.82, 2.24) is 5.32 Å². The smallest absolute Gasteiger partial charge is 0.160 e. The van der Waals surface area contributed by atoms with Gasteiger partial charge in [0.25, 0.3) is 0 Å². The summed E-state index contributed by atoms with van der Waals surface area (Å²) in [6, 6.07) is 14.2. The summed E-state index contributed by atoms with van der Waals surface area (Å²) in [5.74, 6) is 2.23. The van der Waals surface area contributed by atoms with Crippen LogP contribution >= 0.6 is 0 Å². The Morgan fingerprint density at radius 1 is 0.886 bits per heavy atom. The Kier molecular flexibility index (Phi) is 11.6. The average Bonchev–Trinajstić information content (AvgIpc) is 2.90. The lowest BCUT2D eigenvalue weighted by atomic mass is 9.92. The minimum absolute atomic E-state index is 0.150. The van der Waals surface area contributed by atoms with Crippen molar-refractivity contribution in [3.63, 3.8) is 0 Å². The molecule has 0 bridgehead atoms. The molecule has 0 saturated heterocycles. The largest absolute Gasteiger partial charge is 0.493 e. The summed E-state index contributed by atoms with van der Waals surface area (Å²) in [7, 11) is 4.99. The Balaban J connectivity index is 1.39. The summed E-state index contributed by atoms with van der Waals surface area (Å²) in [5.41, 5.74) is 2.36. The van der Waals surface area contributed by atoms with Gasteiger partial charge < -0.3 is 34.1 Å². The number of hydrogen-bond acceptors (Lipinski definition) is 7. The molecule has 7 heteroatoms. The summed E-state index contributed by atoms with van der Waals surface area (Å²) in [6.45, 7) is 2.07. The molecule has 1 saturated carbocycles. The first-order chi connectivity index (χ1) is 17.1. The van der Waals surface area contributed by atoms with E-state index in [1.54, 1.807) is 21.3 Å². The fourth-order valence-corrected chi connectivity index (χ4v) is 4.41. The van der Waals surface area contributed by atoms with Crippen LogP contribution in [0.2, 0.25) is 0 Å². The molecular formula is C28H41NO6. The molecule has 0 aromatic heterocycles. The van der Waals surface area contributed by atoms with Crippen molar-refractivity contribution in [3.8, 4) is 17.2 Å². The number of aliphatic hydroxyl groups is 1. The minimum Gasteiger partial charge on any atom is -0.493 e. The molecule has 2 aromatic carbocycles. The Morgan fingerprint density at radius 3 is 2.34 bits per heavy atom. The zero-order valence-corrected chi connectivity index (χ0v) is 21.3. The summed E-state index contributed by atoms with van der Waals surface area (Å²) in [6.07, 6.45) is 5.69. The van der Waals surface area contributed by atoms with Gasteiger partial charge in [-0.15, -0.1) is 0 Å². The predicted octanol–water partition coefficient (Wildman–Crippen LogP) is 3.79. The highest BCUT2D eigenvalue weighted by atomic mass is 16.5. The first-order valence-electron chi connectivity index (χ1n) is 12.6. The van der Waals surface area contributed by atoms with Crippen molar-refractivity contribution in [1.29, 1.82) is 0 Å². The van der Waals surface area contributed by atoms with Crippen molar-refractivity contribution in [3.05, 3.63) is 53.6 Å². The molecule has 0 heterocycles. The molecule has 3 rings (SSSR count). The summed E-state index contributed by atoms with van der Waals surface area (Å²) >= 11 is 0. The van der Waals surface area contributed by atoms with E-state index in [9.17, 15) is 5.11 Å². The molecule has 7 nitrogen and oxygen atoms in total. The Bertz CT molecular complexity index is 859. The number of nitrogens with one attached hydrogen (secondary N) is 1. The quantitative estimate of drug-likeness (QED) is 0.396. The monoisotopic (exact) mass is 487 g/mol. The van der Waals surface area contributed by atoms with Gasteiger partial charge in [0, 0.05) is 19.7 Å². The van der Waals surface area contributed by atoms with Crippen LogP contribution in [0.5, 0.6) is 17.2 Å². The van der Waals surface area contributed by atoms with E-state index in [4.69, 9.17) is 23.7 Å². The maximum absolute atomic E-state index is 10.4. The molecule has 1 aliphatic rings. The Morgan fingerprint density at radius 2 is 1.60 bits per heavy atom. The van der Waals surface area contributed by atoms with Crippen LogP contribution in [0.4, 0.5) is 0 Å². The van der Waals surface area contributed by atoms with Gasteiger partial charge in [-0.25, -0.2) is 0 Å². The molecule has 1 aliphatic carbocycles. The maximum atomic E-state index is 10.4. The first-order valence-corrected chi connectivity index (χ1v) is 12.6. The number of rotatable bonds is 15. The molecular weight excluding hydrogens is 446 g/mol. The lowest BCUT2D eigenvalue weighted by Crippen LogP contribution is -2.47. The van der Waals surface area contributed by atoms with Gasteiger partial charge in [0.1, 0.15) is 18.5 Å². The van der Waals surface area contributed by atoms with Gasteiger partial charge in [0.15, 0.2) is 11.5 Å². The number of aliphatic hydroxyl groups excluding tert-OH is 1. The van der Waals surface area contributed by atoms with Crippen molar-refractivity contribution in [2.45, 2.75) is 56.8 Å². The van der Waals surface area contributed by atoms with E-state index in [2.05, 4.69) is 5.32 Å². The van der Waals surface area contributed by atoms with E-state index < -0.39 is 6.10 Å². The standard InChI is InChI=1S/C28H41NO6/c1-31-16-14-21-8-11-24(12-9-21)35-20-23(30)19-29-25-6-4-5-7-26(25)34-17-15-22-10-13-27(32-2)28(18-22)33-3/h8-13,18,23,25-26,29-30H,4-7,14-17,19-20H2,1-3H3/t23-,25+,26-/m0/s1. The van der Waals surface area contributed by atoms with E-state index >= 15 is 0 Å². The van der Waals surface area contributed by atoms with Gasteiger partial charge in [-0.3, -0.25) is 0 Å². The molecule has 1 fully saturated rings. The van der Waals surface area contributed by atoms with E-state index in [0.717, 1.165) is 48.5 Å². The van der Waals surface area contributed by atoms with E-state index in [1.165, 1.54) is 18.4 Å². The second-order valence-electron chi connectivity index (χ2n) is 9.00. The summed E-state index contributed by atoms with van der Waals surface area (Å²) in [5, 5.41) is 14.0. The van der Waals surface area contributed by atoms with Gasteiger partial charge >= 0.3 is 0 Å². The van der Waals surface area contributed by atoms with Crippen LogP contribution in [0.1, 0.15) is 36.8 Å². The van der Waals surface area contributed by atoms with Gasteiger partial charge in [0.05, 0.1) is 33.5 Å². The van der Waals surface area contributed by atoms with Crippen LogP contribution in [0.15, 0.2) is 42.5 Å². The fraction of sp³-hybridized carbons (Fsp3) is 0.571. The topological polar surface area (TPSA) is 78.4 Å². The summed E-state index contributed by atoms with van der Waals surface area (Å²) < 4.78 is 27.9. The molecule has 0 unspecified atom stereocenters. The highest BCUT2D eigenvalue weighted by molar-refractivity contribution is 5.42. The van der Waals surface area contributed by atoms with E-state index in [0.29, 0.717) is 19.8 Å². The number of methoxy groups -OCH3 is 3. The zero-order chi connectivity index (χ0) is 24.9. The number of hydrogen-bond donors (Lipinski definition) is 2. The van der Waals surface area contributed by atoms with Gasteiger partial charge in [-0.2, -0.15) is 0 Å². The van der Waals surface area contributed by atoms with Crippen molar-refractivity contribution in [2.75, 3.05) is 47.7 Å². The highest BCUT2D eigenvalue weighted by Gasteiger charge is 2.26. The van der Waals surface area contributed by atoms with Gasteiger partial charge in [0.2, 0.25) is 0 Å². The van der Waals surface area contributed by atoms with E-state index in [-0.39, 0.29) is 18.8 Å². The molecule has 0 amide bonds. The van der Waals surface area contributed by atoms with Crippen LogP contribution < -0.4 is 19.5 Å². The summed E-state index contributed by atoms with van der Waals surface area (Å²) in [4.78, 5) is 0. The van der Waals surface area contributed by atoms with E-state index in [1.807, 2.05) is 42.5 Å². The normalized spacial score (nSPS) is 18.7. The van der Waals surface area contributed by atoms with Crippen LogP contribution in [-0.4, -0.2) is 71.1 Å². The van der Waals surface area contributed by atoms with Crippen LogP contribution in [0, 0.1) is 0 Å². The third-order valence-corrected chi connectivity index (χ3v) is 6.45. The van der Waals surface area contributed by atoms with Gasteiger partial charge in [-0.1, -0.05) is 31.0 Å². The third-order valence-electron chi connectivity index (χ3n) is 6.45.